The highest BCUT2D eigenvalue weighted by molar-refractivity contribution is 6.61. The van der Waals surface area contributed by atoms with Crippen LogP contribution >= 0.6 is 0 Å². The van der Waals surface area contributed by atoms with Crippen LogP contribution in [0.1, 0.15) is 63.5 Å². The molecule has 0 aliphatic carbocycles. The van der Waals surface area contributed by atoms with E-state index in [0.717, 1.165) is 36.8 Å². The first kappa shape index (κ1) is 23.6. The summed E-state index contributed by atoms with van der Waals surface area (Å²) in [6, 6.07) is 3.06. The Morgan fingerprint density at radius 2 is 2.00 bits per heavy atom. The van der Waals surface area contributed by atoms with Crippen molar-refractivity contribution in [3.05, 3.63) is 41.6 Å². The van der Waals surface area contributed by atoms with Gasteiger partial charge in [-0.25, -0.2) is 9.37 Å². The minimum atomic E-state index is -1.02. The highest BCUT2D eigenvalue weighted by Crippen LogP contribution is 2.36. The number of nitrogens with zero attached hydrogens (tertiary/aromatic N) is 3. The fraction of sp³-hybridized carbons (Fsp3) is 0.542. The van der Waals surface area contributed by atoms with Crippen molar-refractivity contribution in [3.8, 4) is 0 Å². The van der Waals surface area contributed by atoms with Crippen LogP contribution in [0.2, 0.25) is 0 Å². The van der Waals surface area contributed by atoms with E-state index in [1.807, 2.05) is 33.8 Å². The first-order valence-corrected chi connectivity index (χ1v) is 11.5. The Kier molecular flexibility index (Phi) is 6.22. The van der Waals surface area contributed by atoms with Gasteiger partial charge in [0.1, 0.15) is 17.1 Å². The fourth-order valence-electron chi connectivity index (χ4n) is 4.39. The lowest BCUT2D eigenvalue weighted by Crippen LogP contribution is -2.41. The molecule has 0 amide bonds. The summed E-state index contributed by atoms with van der Waals surface area (Å²) in [6.07, 6.45) is 5.83. The van der Waals surface area contributed by atoms with Gasteiger partial charge in [-0.1, -0.05) is 6.92 Å². The molecule has 2 aliphatic heterocycles. The number of ketones is 1. The predicted molar refractivity (Wildman–Crippen MR) is 127 cm³/mol. The molecule has 2 aromatic heterocycles. The van der Waals surface area contributed by atoms with E-state index in [1.54, 1.807) is 12.4 Å². The van der Waals surface area contributed by atoms with Crippen LogP contribution in [-0.2, 0) is 15.7 Å². The molecule has 176 valence electrons. The van der Waals surface area contributed by atoms with Crippen molar-refractivity contribution in [1.82, 2.24) is 9.97 Å². The number of nitrogens with two attached hydrogens (primary N) is 1. The third kappa shape index (κ3) is 4.61. The third-order valence-corrected chi connectivity index (χ3v) is 7.00. The van der Waals surface area contributed by atoms with Crippen molar-refractivity contribution in [2.45, 2.75) is 65.1 Å². The molecule has 2 saturated heterocycles. The van der Waals surface area contributed by atoms with Crippen LogP contribution in [0.4, 0.5) is 15.8 Å². The van der Waals surface area contributed by atoms with Crippen molar-refractivity contribution >= 4 is 29.9 Å². The Hall–Kier alpha value is -2.52. The number of hydrogen-bond acceptors (Lipinski definition) is 7. The minimum absolute atomic E-state index is 0.00481. The predicted octanol–water partition coefficient (Wildman–Crippen LogP) is 3.16. The summed E-state index contributed by atoms with van der Waals surface area (Å²) in [5, 5.41) is 0. The lowest BCUT2D eigenvalue weighted by molar-refractivity contribution is 0.00578. The number of piperidine rings is 1. The maximum Gasteiger partial charge on any atom is 0.517 e. The molecule has 1 atom stereocenters. The normalized spacial score (nSPS) is 21.9. The molecule has 2 aromatic rings. The van der Waals surface area contributed by atoms with Crippen molar-refractivity contribution in [2.75, 3.05) is 23.7 Å². The fourth-order valence-corrected chi connectivity index (χ4v) is 4.39. The highest BCUT2D eigenvalue weighted by Gasteiger charge is 2.53. The molecule has 4 rings (SSSR count). The van der Waals surface area contributed by atoms with E-state index in [9.17, 15) is 9.18 Å². The Bertz CT molecular complexity index is 1050. The topological polar surface area (TPSA) is 90.6 Å². The zero-order valence-corrected chi connectivity index (χ0v) is 20.0. The monoisotopic (exact) mass is 454 g/mol. The zero-order valence-electron chi connectivity index (χ0n) is 20.0. The summed E-state index contributed by atoms with van der Waals surface area (Å²) < 4.78 is 26.7. The molecule has 9 heteroatoms. The standard InChI is InChI=1S/C24H32BFN4O3/c1-15-7-6-10-30(14-15)19-8-9-28-13-16(19)11-20(31)21-18(27)12-17(26)22(29-21)25-32-23(2,3)24(4,5)33-25/h8-9,12-13,15H,6-7,10-11,14,27H2,1-5H3/t15-/m0/s1. The maximum atomic E-state index is 14.8. The maximum absolute atomic E-state index is 14.8. The van der Waals surface area contributed by atoms with Crippen LogP contribution in [-0.4, -0.2) is 47.2 Å². The van der Waals surface area contributed by atoms with Gasteiger partial charge in [0.05, 0.1) is 16.9 Å². The molecule has 33 heavy (non-hydrogen) atoms. The van der Waals surface area contributed by atoms with Gasteiger partial charge < -0.3 is 19.9 Å². The molecule has 0 radical (unpaired) electrons. The molecule has 4 heterocycles. The SMILES string of the molecule is C[C@H]1CCCN(c2ccncc2CC(=O)c2nc(B3OC(C)(C)C(C)(C)O3)c(F)cc2N)C1. The number of carbonyl (C=O) groups is 1. The van der Waals surface area contributed by atoms with Crippen molar-refractivity contribution in [3.63, 3.8) is 0 Å². The van der Waals surface area contributed by atoms with E-state index >= 15 is 0 Å². The Morgan fingerprint density at radius 3 is 2.67 bits per heavy atom. The van der Waals surface area contributed by atoms with E-state index < -0.39 is 24.1 Å². The van der Waals surface area contributed by atoms with Crippen LogP contribution in [0.3, 0.4) is 0 Å². The van der Waals surface area contributed by atoms with Gasteiger partial charge in [-0.15, -0.1) is 0 Å². The molecule has 2 N–H and O–H groups in total. The van der Waals surface area contributed by atoms with Gasteiger partial charge in [0.15, 0.2) is 5.78 Å². The number of rotatable bonds is 5. The molecular weight excluding hydrogens is 422 g/mol. The molecule has 2 aliphatic rings. The summed E-state index contributed by atoms with van der Waals surface area (Å²) in [5.74, 6) is -0.371. The number of anilines is 2. The largest absolute Gasteiger partial charge is 0.517 e. The van der Waals surface area contributed by atoms with E-state index in [1.165, 1.54) is 6.42 Å². The van der Waals surface area contributed by atoms with Crippen LogP contribution in [0, 0.1) is 11.7 Å². The summed E-state index contributed by atoms with van der Waals surface area (Å²) in [5.41, 5.74) is 6.45. The van der Waals surface area contributed by atoms with Gasteiger partial charge >= 0.3 is 7.12 Å². The van der Waals surface area contributed by atoms with Crippen LogP contribution in [0.15, 0.2) is 24.5 Å². The van der Waals surface area contributed by atoms with Gasteiger partial charge in [0.2, 0.25) is 0 Å². The molecule has 0 bridgehead atoms. The summed E-state index contributed by atoms with van der Waals surface area (Å²) in [6.45, 7) is 11.6. The number of halogens is 1. The Morgan fingerprint density at radius 1 is 1.30 bits per heavy atom. The van der Waals surface area contributed by atoms with E-state index in [-0.39, 0.29) is 29.2 Å². The third-order valence-electron chi connectivity index (χ3n) is 7.00. The van der Waals surface area contributed by atoms with Gasteiger partial charge in [0, 0.05) is 49.2 Å². The number of aromatic nitrogens is 2. The Balaban J connectivity index is 1.61. The first-order valence-electron chi connectivity index (χ1n) is 11.5. The highest BCUT2D eigenvalue weighted by atomic mass is 19.1. The van der Waals surface area contributed by atoms with Crippen LogP contribution in [0.5, 0.6) is 0 Å². The number of Topliss-reactive ketones (excluding diaryl/α,β-unsaturated/α-hetero) is 1. The van der Waals surface area contributed by atoms with Gasteiger partial charge in [-0.05, 0) is 52.5 Å². The molecular formula is C24H32BFN4O3. The number of hydrogen-bond donors (Lipinski definition) is 1. The van der Waals surface area contributed by atoms with Crippen LogP contribution < -0.4 is 16.2 Å². The lowest BCUT2D eigenvalue weighted by Gasteiger charge is -2.34. The number of nitrogen functional groups attached to an aromatic ring is 1. The molecule has 0 saturated carbocycles. The van der Waals surface area contributed by atoms with Gasteiger partial charge in [0.25, 0.3) is 0 Å². The van der Waals surface area contributed by atoms with Crippen LogP contribution in [0.25, 0.3) is 0 Å². The molecule has 2 fully saturated rings. The number of pyridine rings is 2. The molecule has 0 spiro atoms. The second kappa shape index (κ2) is 8.68. The van der Waals surface area contributed by atoms with Gasteiger partial charge in [-0.3, -0.25) is 9.78 Å². The summed E-state index contributed by atoms with van der Waals surface area (Å²) >= 11 is 0. The molecule has 0 unspecified atom stereocenters. The van der Waals surface area contributed by atoms with Gasteiger partial charge in [-0.2, -0.15) is 0 Å². The van der Waals surface area contributed by atoms with Crippen molar-refractivity contribution in [2.24, 2.45) is 5.92 Å². The minimum Gasteiger partial charge on any atom is -0.398 e. The van der Waals surface area contributed by atoms with E-state index in [4.69, 9.17) is 15.0 Å². The van der Waals surface area contributed by atoms with E-state index in [2.05, 4.69) is 21.8 Å². The smallest absolute Gasteiger partial charge is 0.398 e. The average Bonchev–Trinajstić information content (AvgIpc) is 2.95. The quantitative estimate of drug-likeness (QED) is 0.548. The Labute approximate surface area is 195 Å². The van der Waals surface area contributed by atoms with Crippen molar-refractivity contribution < 1.29 is 18.5 Å². The van der Waals surface area contributed by atoms with E-state index in [0.29, 0.717) is 5.92 Å². The molecule has 7 nitrogen and oxygen atoms in total. The zero-order chi connectivity index (χ0) is 24.0. The van der Waals surface area contributed by atoms with Crippen molar-refractivity contribution in [1.29, 1.82) is 0 Å². The summed E-state index contributed by atoms with van der Waals surface area (Å²) in [7, 11) is -1.02. The lowest BCUT2D eigenvalue weighted by atomic mass is 9.83. The summed E-state index contributed by atoms with van der Waals surface area (Å²) in [4.78, 5) is 24.1. The second-order valence-electron chi connectivity index (χ2n) is 10.2. The number of carbonyl (C=O) groups excluding carboxylic acids is 1. The second-order valence-corrected chi connectivity index (χ2v) is 10.2. The molecule has 0 aromatic carbocycles. The first-order chi connectivity index (χ1) is 15.5. The average molecular weight is 454 g/mol.